The molecule has 7 nitrogen and oxygen atoms in total. The van der Waals surface area contributed by atoms with Crippen LogP contribution in [0.4, 0.5) is 0 Å². The van der Waals surface area contributed by atoms with Gasteiger partial charge in [0.05, 0.1) is 28.3 Å². The molecule has 0 bridgehead atoms. The molecule has 0 spiro atoms. The Morgan fingerprint density at radius 3 is 2.53 bits per heavy atom. The molecular weight excluding hydrogens is 500 g/mol. The summed E-state index contributed by atoms with van der Waals surface area (Å²) in [4.78, 5) is 33.1. The summed E-state index contributed by atoms with van der Waals surface area (Å²) in [6.45, 7) is 3.88. The molecule has 1 aliphatic heterocycles. The Bertz CT molecular complexity index is 1510. The first-order valence-corrected chi connectivity index (χ1v) is 14.9. The lowest BCUT2D eigenvalue weighted by atomic mass is 9.80. The number of ether oxygens (including phenoxy) is 1. The number of likely N-dealkylation sites (N-methyl/N-ethyl adjacent to an activating group) is 1. The quantitative estimate of drug-likeness (QED) is 0.433. The van der Waals surface area contributed by atoms with Crippen molar-refractivity contribution in [1.82, 2.24) is 9.88 Å². The van der Waals surface area contributed by atoms with E-state index in [0.29, 0.717) is 41.8 Å². The van der Waals surface area contributed by atoms with Gasteiger partial charge in [0, 0.05) is 18.0 Å². The van der Waals surface area contributed by atoms with Gasteiger partial charge in [-0.25, -0.2) is 18.2 Å². The number of pyridine rings is 1. The summed E-state index contributed by atoms with van der Waals surface area (Å²) < 4.78 is 29.5. The lowest BCUT2D eigenvalue weighted by Gasteiger charge is -2.28. The highest BCUT2D eigenvalue weighted by molar-refractivity contribution is 7.91. The fourth-order valence-corrected chi connectivity index (χ4v) is 7.39. The number of aromatic nitrogens is 1. The molecule has 0 radical (unpaired) electrons. The monoisotopic (exact) mass is 532 g/mol. The summed E-state index contributed by atoms with van der Waals surface area (Å²) in [6.07, 6.45) is 4.06. The molecule has 1 saturated heterocycles. The van der Waals surface area contributed by atoms with E-state index < -0.39 is 22.4 Å². The fraction of sp³-hybridized carbons (Fsp3) is 0.367. The Hall–Kier alpha value is -3.52. The van der Waals surface area contributed by atoms with Gasteiger partial charge in [0.1, 0.15) is 0 Å². The first-order chi connectivity index (χ1) is 18.3. The molecule has 8 heteroatoms. The number of allylic oxidation sites excluding steroid dienone is 1. The largest absolute Gasteiger partial charge is 0.452 e. The minimum absolute atomic E-state index is 0.0442. The Morgan fingerprint density at radius 2 is 1.82 bits per heavy atom. The highest BCUT2D eigenvalue weighted by Gasteiger charge is 2.35. The van der Waals surface area contributed by atoms with Crippen molar-refractivity contribution in [1.29, 1.82) is 0 Å². The Morgan fingerprint density at radius 1 is 1.08 bits per heavy atom. The van der Waals surface area contributed by atoms with Crippen LogP contribution in [0.3, 0.4) is 0 Å². The van der Waals surface area contributed by atoms with Gasteiger partial charge in [-0.05, 0) is 60.9 Å². The van der Waals surface area contributed by atoms with Crippen molar-refractivity contribution in [2.45, 2.75) is 39.2 Å². The molecule has 1 amide bonds. The number of nitrogens with zero attached hydrogens (tertiary/aromatic N) is 2. The number of carbonyl (C=O) groups excluding carboxylic acids is 2. The normalized spacial score (nSPS) is 21.3. The second kappa shape index (κ2) is 10.7. The van der Waals surface area contributed by atoms with Crippen LogP contribution in [0.5, 0.6) is 0 Å². The van der Waals surface area contributed by atoms with E-state index in [-0.39, 0.29) is 23.5 Å². The molecule has 5 rings (SSSR count). The van der Waals surface area contributed by atoms with Crippen molar-refractivity contribution in [3.8, 4) is 0 Å². The lowest BCUT2D eigenvalue weighted by Crippen LogP contribution is -2.43. The fourth-order valence-electron chi connectivity index (χ4n) is 5.66. The number of hydrogen-bond donors (Lipinski definition) is 0. The maximum Gasteiger partial charge on any atom is 0.339 e. The van der Waals surface area contributed by atoms with Gasteiger partial charge in [-0.2, -0.15) is 0 Å². The van der Waals surface area contributed by atoms with Crippen LogP contribution in [0.15, 0.2) is 54.6 Å². The molecule has 198 valence electrons. The van der Waals surface area contributed by atoms with Crippen LogP contribution < -0.4 is 0 Å². The number of para-hydroxylation sites is 1. The van der Waals surface area contributed by atoms with Gasteiger partial charge < -0.3 is 9.64 Å². The molecule has 1 aromatic heterocycles. The van der Waals surface area contributed by atoms with E-state index in [9.17, 15) is 18.0 Å². The second-order valence-electron chi connectivity index (χ2n) is 10.2. The minimum Gasteiger partial charge on any atom is -0.452 e. The minimum atomic E-state index is -3.14. The number of amides is 1. The van der Waals surface area contributed by atoms with Crippen molar-refractivity contribution in [2.75, 3.05) is 24.7 Å². The van der Waals surface area contributed by atoms with Crippen molar-refractivity contribution < 1.29 is 22.7 Å². The molecule has 2 atom stereocenters. The molecule has 1 aliphatic carbocycles. The summed E-state index contributed by atoms with van der Waals surface area (Å²) in [6, 6.07) is 17.2. The third-order valence-electron chi connectivity index (χ3n) is 7.40. The van der Waals surface area contributed by atoms with Gasteiger partial charge in [0.25, 0.3) is 5.91 Å². The predicted molar refractivity (Wildman–Crippen MR) is 148 cm³/mol. The van der Waals surface area contributed by atoms with Crippen LogP contribution in [0.1, 0.15) is 53.9 Å². The number of fused-ring (bicyclic) bond motifs is 2. The second-order valence-corrected chi connectivity index (χ2v) is 12.5. The van der Waals surface area contributed by atoms with Crippen LogP contribution >= 0.6 is 0 Å². The highest BCUT2D eigenvalue weighted by atomic mass is 32.2. The van der Waals surface area contributed by atoms with Gasteiger partial charge in [-0.15, -0.1) is 0 Å². The molecule has 38 heavy (non-hydrogen) atoms. The first kappa shape index (κ1) is 26.1. The first-order valence-electron chi connectivity index (χ1n) is 13.1. The molecular formula is C30H32N2O5S. The van der Waals surface area contributed by atoms with E-state index >= 15 is 0 Å². The number of carbonyl (C=O) groups is 2. The number of rotatable bonds is 6. The van der Waals surface area contributed by atoms with E-state index in [1.807, 2.05) is 54.6 Å². The average molecular weight is 533 g/mol. The van der Waals surface area contributed by atoms with E-state index in [0.717, 1.165) is 28.8 Å². The molecule has 0 saturated carbocycles. The third-order valence-corrected chi connectivity index (χ3v) is 9.15. The van der Waals surface area contributed by atoms with Crippen molar-refractivity contribution >= 4 is 44.3 Å². The molecule has 2 unspecified atom stereocenters. The maximum absolute atomic E-state index is 13.6. The molecule has 1 fully saturated rings. The zero-order valence-corrected chi connectivity index (χ0v) is 22.5. The molecule has 2 heterocycles. The Balaban J connectivity index is 1.47. The standard InChI is InChI=1S/C30H32N2O5S/c1-3-32(23-13-14-38(35,36)19-23)27(33)18-37-30(34)28-24-11-7-8-12-26(24)31-29-22(15-20(2)16-25(28)29)17-21-9-5-4-6-10-21/h4-12,17,20,23H,3,13-16,18-19H2,1-2H3/b22-17-. The SMILES string of the molecule is CCN(C(=O)COC(=O)c1c2c(nc3ccccc13)/C(=C\c1ccccc1)CC(C)C2)C1CCS(=O)(=O)C1. The number of hydrogen-bond acceptors (Lipinski definition) is 6. The van der Waals surface area contributed by atoms with Crippen molar-refractivity contribution in [3.05, 3.63) is 77.0 Å². The summed E-state index contributed by atoms with van der Waals surface area (Å²) in [5, 5.41) is 0.700. The van der Waals surface area contributed by atoms with Crippen LogP contribution in [0, 0.1) is 5.92 Å². The lowest BCUT2D eigenvalue weighted by molar-refractivity contribution is -0.136. The number of benzene rings is 2. The highest BCUT2D eigenvalue weighted by Crippen LogP contribution is 2.38. The summed E-state index contributed by atoms with van der Waals surface area (Å²) in [7, 11) is -3.14. The number of sulfone groups is 1. The van der Waals surface area contributed by atoms with Gasteiger partial charge in [0.2, 0.25) is 0 Å². The van der Waals surface area contributed by atoms with E-state index in [1.165, 1.54) is 4.90 Å². The summed E-state index contributed by atoms with van der Waals surface area (Å²) >= 11 is 0. The summed E-state index contributed by atoms with van der Waals surface area (Å²) in [5.74, 6) is -0.608. The smallest absolute Gasteiger partial charge is 0.339 e. The van der Waals surface area contributed by atoms with Gasteiger partial charge in [-0.3, -0.25) is 4.79 Å². The van der Waals surface area contributed by atoms with Crippen LogP contribution in [0.25, 0.3) is 22.6 Å². The van der Waals surface area contributed by atoms with Gasteiger partial charge >= 0.3 is 5.97 Å². The molecule has 3 aromatic rings. The summed E-state index contributed by atoms with van der Waals surface area (Å²) in [5.41, 5.74) is 4.94. The number of esters is 1. The van der Waals surface area contributed by atoms with Crippen molar-refractivity contribution in [2.24, 2.45) is 5.92 Å². The zero-order valence-electron chi connectivity index (χ0n) is 21.7. The molecule has 2 aromatic carbocycles. The van der Waals surface area contributed by atoms with E-state index in [1.54, 1.807) is 6.92 Å². The van der Waals surface area contributed by atoms with Gasteiger partial charge in [0.15, 0.2) is 16.4 Å². The van der Waals surface area contributed by atoms with Crippen molar-refractivity contribution in [3.63, 3.8) is 0 Å². The van der Waals surface area contributed by atoms with Crippen LogP contribution in [0.2, 0.25) is 0 Å². The Kier molecular flexibility index (Phi) is 7.34. The van der Waals surface area contributed by atoms with Crippen LogP contribution in [-0.2, 0) is 25.8 Å². The molecule has 2 aliphatic rings. The zero-order chi connectivity index (χ0) is 26.9. The van der Waals surface area contributed by atoms with Gasteiger partial charge in [-0.1, -0.05) is 55.5 Å². The van der Waals surface area contributed by atoms with E-state index in [2.05, 4.69) is 13.0 Å². The maximum atomic E-state index is 13.6. The topological polar surface area (TPSA) is 93.6 Å². The van der Waals surface area contributed by atoms with E-state index in [4.69, 9.17) is 9.72 Å². The predicted octanol–water partition coefficient (Wildman–Crippen LogP) is 4.55. The Labute approximate surface area is 223 Å². The third kappa shape index (κ3) is 5.36. The molecule has 0 N–H and O–H groups in total. The van der Waals surface area contributed by atoms with Crippen LogP contribution in [-0.4, -0.2) is 60.9 Å². The average Bonchev–Trinajstić information content (AvgIpc) is 3.26.